The number of hydrogen-bond donors (Lipinski definition) is 1. The summed E-state index contributed by atoms with van der Waals surface area (Å²) in [5.74, 6) is 1.10. The SMILES string of the molecule is CCCCOc1cccc(C(=O)Nc2ccc(-c3nc4cc(C)ccc4o3)cc2C)c1. The van der Waals surface area contributed by atoms with Crippen LogP contribution in [0.4, 0.5) is 5.69 Å². The Morgan fingerprint density at radius 3 is 2.74 bits per heavy atom. The molecule has 3 aromatic carbocycles. The summed E-state index contributed by atoms with van der Waals surface area (Å²) < 4.78 is 11.6. The third-order valence-electron chi connectivity index (χ3n) is 5.13. The highest BCUT2D eigenvalue weighted by Crippen LogP contribution is 2.28. The van der Waals surface area contributed by atoms with Gasteiger partial charge >= 0.3 is 0 Å². The molecule has 158 valence electrons. The van der Waals surface area contributed by atoms with E-state index < -0.39 is 0 Å². The second-order valence-corrected chi connectivity index (χ2v) is 7.70. The van der Waals surface area contributed by atoms with Gasteiger partial charge in [0.1, 0.15) is 11.3 Å². The summed E-state index contributed by atoms with van der Waals surface area (Å²) in [7, 11) is 0. The van der Waals surface area contributed by atoms with Crippen LogP contribution in [0.5, 0.6) is 5.75 Å². The number of carbonyl (C=O) groups is 1. The van der Waals surface area contributed by atoms with Crippen LogP contribution in [-0.2, 0) is 0 Å². The van der Waals surface area contributed by atoms with Crippen molar-refractivity contribution in [2.75, 3.05) is 11.9 Å². The zero-order valence-corrected chi connectivity index (χ0v) is 18.1. The lowest BCUT2D eigenvalue weighted by atomic mass is 10.1. The van der Waals surface area contributed by atoms with Crippen LogP contribution in [0.15, 0.2) is 65.1 Å². The fraction of sp³-hybridized carbons (Fsp3) is 0.231. The Morgan fingerprint density at radius 1 is 1.06 bits per heavy atom. The Labute approximate surface area is 182 Å². The van der Waals surface area contributed by atoms with Crippen LogP contribution >= 0.6 is 0 Å². The lowest BCUT2D eigenvalue weighted by molar-refractivity contribution is 0.102. The summed E-state index contributed by atoms with van der Waals surface area (Å²) in [5.41, 5.74) is 5.85. The van der Waals surface area contributed by atoms with E-state index in [1.54, 1.807) is 12.1 Å². The van der Waals surface area contributed by atoms with E-state index in [4.69, 9.17) is 9.15 Å². The molecule has 0 atom stereocenters. The molecule has 0 aliphatic rings. The number of aromatic nitrogens is 1. The van der Waals surface area contributed by atoms with Gasteiger partial charge in [-0.1, -0.05) is 25.5 Å². The predicted molar refractivity (Wildman–Crippen MR) is 124 cm³/mol. The number of nitrogens with zero attached hydrogens (tertiary/aromatic N) is 1. The van der Waals surface area contributed by atoms with Crippen LogP contribution < -0.4 is 10.1 Å². The van der Waals surface area contributed by atoms with Gasteiger partial charge in [-0.25, -0.2) is 4.98 Å². The van der Waals surface area contributed by atoms with Crippen molar-refractivity contribution in [2.24, 2.45) is 0 Å². The lowest BCUT2D eigenvalue weighted by Gasteiger charge is -2.11. The first-order valence-electron chi connectivity index (χ1n) is 10.6. The van der Waals surface area contributed by atoms with Crippen LogP contribution in [0.1, 0.15) is 41.3 Å². The van der Waals surface area contributed by atoms with Crippen molar-refractivity contribution in [1.82, 2.24) is 4.98 Å². The van der Waals surface area contributed by atoms with Crippen LogP contribution in [-0.4, -0.2) is 17.5 Å². The van der Waals surface area contributed by atoms with Gasteiger partial charge in [-0.2, -0.15) is 0 Å². The van der Waals surface area contributed by atoms with Gasteiger partial charge in [-0.3, -0.25) is 4.79 Å². The number of unbranched alkanes of at least 4 members (excludes halogenated alkanes) is 1. The van der Waals surface area contributed by atoms with Crippen molar-refractivity contribution in [3.05, 3.63) is 77.4 Å². The minimum atomic E-state index is -0.172. The maximum absolute atomic E-state index is 12.8. The summed E-state index contributed by atoms with van der Waals surface area (Å²) in [4.78, 5) is 17.4. The molecule has 0 saturated heterocycles. The topological polar surface area (TPSA) is 64.4 Å². The Bertz CT molecular complexity index is 1230. The Kier molecular flexibility index (Phi) is 6.03. The van der Waals surface area contributed by atoms with Crippen molar-refractivity contribution in [3.63, 3.8) is 0 Å². The van der Waals surface area contributed by atoms with Crippen molar-refractivity contribution in [3.8, 4) is 17.2 Å². The first-order chi connectivity index (χ1) is 15.0. The van der Waals surface area contributed by atoms with E-state index in [0.29, 0.717) is 23.8 Å². The zero-order valence-electron chi connectivity index (χ0n) is 18.1. The second kappa shape index (κ2) is 9.04. The molecule has 0 aliphatic heterocycles. The van der Waals surface area contributed by atoms with Gasteiger partial charge in [0, 0.05) is 16.8 Å². The Hall–Kier alpha value is -3.60. The molecule has 1 heterocycles. The summed E-state index contributed by atoms with van der Waals surface area (Å²) in [6, 6.07) is 19.0. The number of amides is 1. The normalized spacial score (nSPS) is 10.9. The maximum atomic E-state index is 12.8. The molecule has 1 amide bonds. The molecule has 0 spiro atoms. The summed E-state index contributed by atoms with van der Waals surface area (Å²) in [5, 5.41) is 2.99. The van der Waals surface area contributed by atoms with Gasteiger partial charge in [0.2, 0.25) is 5.89 Å². The molecule has 4 rings (SSSR count). The van der Waals surface area contributed by atoms with Crippen molar-refractivity contribution in [1.29, 1.82) is 0 Å². The van der Waals surface area contributed by atoms with Crippen molar-refractivity contribution in [2.45, 2.75) is 33.6 Å². The molecule has 0 bridgehead atoms. The fourth-order valence-electron chi connectivity index (χ4n) is 3.35. The van der Waals surface area contributed by atoms with Gasteiger partial charge < -0.3 is 14.5 Å². The zero-order chi connectivity index (χ0) is 21.8. The van der Waals surface area contributed by atoms with E-state index in [2.05, 4.69) is 17.2 Å². The molecule has 0 saturated carbocycles. The molecular formula is C26H26N2O3. The van der Waals surface area contributed by atoms with Crippen LogP contribution in [0.2, 0.25) is 0 Å². The monoisotopic (exact) mass is 414 g/mol. The standard InChI is InChI=1S/C26H26N2O3/c1-4-5-13-30-21-8-6-7-19(16-21)25(29)27-22-11-10-20(15-18(22)3)26-28-23-14-17(2)9-12-24(23)31-26/h6-12,14-16H,4-5,13H2,1-3H3,(H,27,29). The van der Waals surface area contributed by atoms with E-state index in [1.165, 1.54) is 0 Å². The fourth-order valence-corrected chi connectivity index (χ4v) is 3.35. The molecule has 0 unspecified atom stereocenters. The van der Waals surface area contributed by atoms with Crippen molar-refractivity contribution >= 4 is 22.7 Å². The molecule has 31 heavy (non-hydrogen) atoms. The molecular weight excluding hydrogens is 388 g/mol. The number of hydrogen-bond acceptors (Lipinski definition) is 4. The van der Waals surface area contributed by atoms with E-state index in [0.717, 1.165) is 46.3 Å². The molecule has 1 aromatic heterocycles. The van der Waals surface area contributed by atoms with E-state index in [-0.39, 0.29) is 5.91 Å². The van der Waals surface area contributed by atoms with Crippen molar-refractivity contribution < 1.29 is 13.9 Å². The number of benzene rings is 3. The average molecular weight is 415 g/mol. The van der Waals surface area contributed by atoms with E-state index in [9.17, 15) is 4.79 Å². The summed E-state index contributed by atoms with van der Waals surface area (Å²) in [6.07, 6.45) is 2.06. The largest absolute Gasteiger partial charge is 0.494 e. The van der Waals surface area contributed by atoms with E-state index >= 15 is 0 Å². The van der Waals surface area contributed by atoms with Crippen LogP contribution in [0.3, 0.4) is 0 Å². The van der Waals surface area contributed by atoms with Gasteiger partial charge in [-0.05, 0) is 79.9 Å². The van der Waals surface area contributed by atoms with Crippen LogP contribution in [0, 0.1) is 13.8 Å². The maximum Gasteiger partial charge on any atom is 0.255 e. The number of oxazole rings is 1. The highest BCUT2D eigenvalue weighted by molar-refractivity contribution is 6.05. The quantitative estimate of drug-likeness (QED) is 0.349. The molecule has 1 N–H and O–H groups in total. The predicted octanol–water partition coefficient (Wildman–Crippen LogP) is 6.54. The highest BCUT2D eigenvalue weighted by Gasteiger charge is 2.12. The molecule has 4 aromatic rings. The molecule has 0 radical (unpaired) electrons. The molecule has 0 aliphatic carbocycles. The third-order valence-corrected chi connectivity index (χ3v) is 5.13. The number of nitrogens with one attached hydrogen (secondary N) is 1. The summed E-state index contributed by atoms with van der Waals surface area (Å²) >= 11 is 0. The smallest absolute Gasteiger partial charge is 0.255 e. The molecule has 5 nitrogen and oxygen atoms in total. The first-order valence-corrected chi connectivity index (χ1v) is 10.6. The number of anilines is 1. The third kappa shape index (κ3) is 4.77. The lowest BCUT2D eigenvalue weighted by Crippen LogP contribution is -2.13. The van der Waals surface area contributed by atoms with Crippen LogP contribution in [0.25, 0.3) is 22.6 Å². The Balaban J connectivity index is 1.50. The number of aryl methyl sites for hydroxylation is 2. The molecule has 5 heteroatoms. The second-order valence-electron chi connectivity index (χ2n) is 7.70. The van der Waals surface area contributed by atoms with Gasteiger partial charge in [0.15, 0.2) is 5.58 Å². The van der Waals surface area contributed by atoms with Gasteiger partial charge in [0.25, 0.3) is 5.91 Å². The molecule has 0 fully saturated rings. The summed E-state index contributed by atoms with van der Waals surface area (Å²) in [6.45, 7) is 6.75. The Morgan fingerprint density at radius 2 is 1.94 bits per heavy atom. The minimum Gasteiger partial charge on any atom is -0.494 e. The number of ether oxygens (including phenoxy) is 1. The average Bonchev–Trinajstić information content (AvgIpc) is 3.19. The first kappa shape index (κ1) is 20.7. The number of fused-ring (bicyclic) bond motifs is 1. The van der Waals surface area contributed by atoms with Gasteiger partial charge in [-0.15, -0.1) is 0 Å². The minimum absolute atomic E-state index is 0.172. The van der Waals surface area contributed by atoms with E-state index in [1.807, 2.05) is 62.4 Å². The number of carbonyl (C=O) groups excluding carboxylic acids is 1. The van der Waals surface area contributed by atoms with Gasteiger partial charge in [0.05, 0.1) is 6.61 Å². The number of rotatable bonds is 7. The highest BCUT2D eigenvalue weighted by atomic mass is 16.5.